The van der Waals surface area contributed by atoms with Gasteiger partial charge < -0.3 is 4.52 Å². The molecule has 0 saturated carbocycles. The van der Waals surface area contributed by atoms with Gasteiger partial charge in [0.2, 0.25) is 11.7 Å². The highest BCUT2D eigenvalue weighted by Crippen LogP contribution is 2.33. The SMILES string of the molecule is CC(c1ccc(F)cc1F)N1CCC(c2nc(-c3ccccn3)no2)CC1. The van der Waals surface area contributed by atoms with Gasteiger partial charge in [-0.2, -0.15) is 4.98 Å². The van der Waals surface area contributed by atoms with Crippen molar-refractivity contribution in [2.45, 2.75) is 31.7 Å². The monoisotopic (exact) mass is 370 g/mol. The topological polar surface area (TPSA) is 55.1 Å². The Morgan fingerprint density at radius 1 is 1.15 bits per heavy atom. The van der Waals surface area contributed by atoms with Crippen molar-refractivity contribution < 1.29 is 13.3 Å². The molecule has 1 fully saturated rings. The Hall–Kier alpha value is -2.67. The Morgan fingerprint density at radius 2 is 1.96 bits per heavy atom. The number of piperidine rings is 1. The van der Waals surface area contributed by atoms with Crippen molar-refractivity contribution in [3.05, 3.63) is 65.7 Å². The number of likely N-dealkylation sites (tertiary alicyclic amines) is 1. The summed E-state index contributed by atoms with van der Waals surface area (Å²) in [5.74, 6) is 0.242. The number of hydrogen-bond acceptors (Lipinski definition) is 5. The predicted octanol–water partition coefficient (Wildman–Crippen LogP) is 4.35. The Labute approximate surface area is 156 Å². The molecule has 27 heavy (non-hydrogen) atoms. The van der Waals surface area contributed by atoms with Gasteiger partial charge in [-0.1, -0.05) is 17.3 Å². The van der Waals surface area contributed by atoms with E-state index in [4.69, 9.17) is 4.52 Å². The molecule has 5 nitrogen and oxygen atoms in total. The highest BCUT2D eigenvalue weighted by molar-refractivity contribution is 5.47. The molecule has 3 aromatic rings. The molecule has 1 unspecified atom stereocenters. The van der Waals surface area contributed by atoms with Crippen LogP contribution in [0.4, 0.5) is 8.78 Å². The summed E-state index contributed by atoms with van der Waals surface area (Å²) in [6.07, 6.45) is 3.38. The van der Waals surface area contributed by atoms with Gasteiger partial charge in [-0.3, -0.25) is 9.88 Å². The van der Waals surface area contributed by atoms with Gasteiger partial charge >= 0.3 is 0 Å². The highest BCUT2D eigenvalue weighted by Gasteiger charge is 2.29. The van der Waals surface area contributed by atoms with Crippen LogP contribution in [0.15, 0.2) is 47.1 Å². The molecule has 0 N–H and O–H groups in total. The fourth-order valence-corrected chi connectivity index (χ4v) is 3.57. The maximum absolute atomic E-state index is 14.1. The lowest BCUT2D eigenvalue weighted by molar-refractivity contribution is 0.149. The Balaban J connectivity index is 1.41. The zero-order chi connectivity index (χ0) is 18.8. The first-order chi connectivity index (χ1) is 13.1. The molecule has 7 heteroatoms. The van der Waals surface area contributed by atoms with E-state index in [1.807, 2.05) is 25.1 Å². The summed E-state index contributed by atoms with van der Waals surface area (Å²) in [5, 5.41) is 4.04. The van der Waals surface area contributed by atoms with Crippen LogP contribution in [-0.4, -0.2) is 33.1 Å². The van der Waals surface area contributed by atoms with Crippen molar-refractivity contribution in [2.24, 2.45) is 0 Å². The lowest BCUT2D eigenvalue weighted by atomic mass is 9.94. The van der Waals surface area contributed by atoms with Crippen molar-refractivity contribution in [2.75, 3.05) is 13.1 Å². The zero-order valence-electron chi connectivity index (χ0n) is 15.0. The van der Waals surface area contributed by atoms with Gasteiger partial charge in [0.25, 0.3) is 0 Å². The number of hydrogen-bond donors (Lipinski definition) is 0. The third-order valence-corrected chi connectivity index (χ3v) is 5.17. The molecule has 0 amide bonds. The summed E-state index contributed by atoms with van der Waals surface area (Å²) in [7, 11) is 0. The summed E-state index contributed by atoms with van der Waals surface area (Å²) in [4.78, 5) is 10.9. The number of nitrogens with zero attached hydrogens (tertiary/aromatic N) is 4. The summed E-state index contributed by atoms with van der Waals surface area (Å²) >= 11 is 0. The minimum absolute atomic E-state index is 0.113. The van der Waals surface area contributed by atoms with Crippen LogP contribution in [0.3, 0.4) is 0 Å². The summed E-state index contributed by atoms with van der Waals surface area (Å²) in [6.45, 7) is 3.51. The number of rotatable bonds is 4. The molecule has 1 aliphatic heterocycles. The van der Waals surface area contributed by atoms with E-state index < -0.39 is 11.6 Å². The molecule has 1 atom stereocenters. The van der Waals surface area contributed by atoms with Gasteiger partial charge in [-0.15, -0.1) is 0 Å². The largest absolute Gasteiger partial charge is 0.339 e. The number of halogens is 2. The number of aromatic nitrogens is 3. The Morgan fingerprint density at radius 3 is 2.67 bits per heavy atom. The van der Waals surface area contributed by atoms with Gasteiger partial charge in [0, 0.05) is 29.8 Å². The second-order valence-electron chi connectivity index (χ2n) is 6.82. The van der Waals surface area contributed by atoms with Crippen LogP contribution in [0.2, 0.25) is 0 Å². The Bertz CT molecular complexity index is 907. The van der Waals surface area contributed by atoms with Crippen molar-refractivity contribution in [1.82, 2.24) is 20.0 Å². The van der Waals surface area contributed by atoms with Crippen molar-refractivity contribution in [3.63, 3.8) is 0 Å². The first kappa shape index (κ1) is 17.7. The molecule has 2 aromatic heterocycles. The lowest BCUT2D eigenvalue weighted by Crippen LogP contribution is -2.35. The van der Waals surface area contributed by atoms with Crippen LogP contribution in [0, 0.1) is 11.6 Å². The summed E-state index contributed by atoms with van der Waals surface area (Å²) in [6, 6.07) is 9.22. The molecular weight excluding hydrogens is 350 g/mol. The Kier molecular flexibility index (Phi) is 4.94. The van der Waals surface area contributed by atoms with E-state index in [0.29, 0.717) is 23.0 Å². The summed E-state index contributed by atoms with van der Waals surface area (Å²) < 4.78 is 32.6. The van der Waals surface area contributed by atoms with E-state index in [1.54, 1.807) is 6.20 Å². The zero-order valence-corrected chi connectivity index (χ0v) is 15.0. The molecule has 1 saturated heterocycles. The second kappa shape index (κ2) is 7.52. The van der Waals surface area contributed by atoms with E-state index >= 15 is 0 Å². The fourth-order valence-electron chi connectivity index (χ4n) is 3.57. The quantitative estimate of drug-likeness (QED) is 0.683. The molecule has 0 bridgehead atoms. The third kappa shape index (κ3) is 3.73. The summed E-state index contributed by atoms with van der Waals surface area (Å²) in [5.41, 5.74) is 1.20. The molecule has 1 aromatic carbocycles. The van der Waals surface area contributed by atoms with E-state index in [-0.39, 0.29) is 12.0 Å². The average Bonchev–Trinajstić information content (AvgIpc) is 3.19. The number of pyridine rings is 1. The van der Waals surface area contributed by atoms with E-state index in [2.05, 4.69) is 20.0 Å². The molecule has 140 valence electrons. The van der Waals surface area contributed by atoms with E-state index in [9.17, 15) is 8.78 Å². The third-order valence-electron chi connectivity index (χ3n) is 5.17. The normalized spacial score (nSPS) is 17.1. The minimum atomic E-state index is -0.553. The first-order valence-corrected chi connectivity index (χ1v) is 9.06. The van der Waals surface area contributed by atoms with Gasteiger partial charge in [0.1, 0.15) is 17.3 Å². The average molecular weight is 370 g/mol. The van der Waals surface area contributed by atoms with Gasteiger partial charge in [0.05, 0.1) is 0 Å². The number of benzene rings is 1. The molecular formula is C20H20F2N4O. The smallest absolute Gasteiger partial charge is 0.230 e. The van der Waals surface area contributed by atoms with E-state index in [1.165, 1.54) is 12.1 Å². The molecule has 4 rings (SSSR count). The lowest BCUT2D eigenvalue weighted by Gasteiger charge is -2.35. The van der Waals surface area contributed by atoms with E-state index in [0.717, 1.165) is 32.0 Å². The maximum Gasteiger partial charge on any atom is 0.230 e. The van der Waals surface area contributed by atoms with Crippen LogP contribution in [0.25, 0.3) is 11.5 Å². The minimum Gasteiger partial charge on any atom is -0.339 e. The standard InChI is InChI=1S/C20H20F2N4O/c1-13(16-6-5-15(21)12-17(16)22)26-10-7-14(8-11-26)20-24-19(25-27-20)18-4-2-3-9-23-18/h2-6,9,12-14H,7-8,10-11H2,1H3. The molecule has 1 aliphatic rings. The maximum atomic E-state index is 14.1. The highest BCUT2D eigenvalue weighted by atomic mass is 19.1. The molecule has 3 heterocycles. The van der Waals surface area contributed by atoms with Gasteiger partial charge in [-0.25, -0.2) is 8.78 Å². The predicted molar refractivity (Wildman–Crippen MR) is 95.9 cm³/mol. The second-order valence-corrected chi connectivity index (χ2v) is 6.82. The van der Waals surface area contributed by atoms with Crippen LogP contribution >= 0.6 is 0 Å². The van der Waals surface area contributed by atoms with Crippen LogP contribution < -0.4 is 0 Å². The fraction of sp³-hybridized carbons (Fsp3) is 0.350. The van der Waals surface area contributed by atoms with Gasteiger partial charge in [-0.05, 0) is 51.1 Å². The van der Waals surface area contributed by atoms with Crippen LogP contribution in [0.1, 0.15) is 43.2 Å². The van der Waals surface area contributed by atoms with Crippen LogP contribution in [0.5, 0.6) is 0 Å². The molecule has 0 aliphatic carbocycles. The first-order valence-electron chi connectivity index (χ1n) is 9.06. The molecule has 0 spiro atoms. The van der Waals surface area contributed by atoms with Crippen molar-refractivity contribution >= 4 is 0 Å². The van der Waals surface area contributed by atoms with Crippen molar-refractivity contribution in [1.29, 1.82) is 0 Å². The van der Waals surface area contributed by atoms with Gasteiger partial charge in [0.15, 0.2) is 0 Å². The van der Waals surface area contributed by atoms with Crippen molar-refractivity contribution in [3.8, 4) is 11.5 Å². The molecule has 0 radical (unpaired) electrons. The van der Waals surface area contributed by atoms with Crippen LogP contribution in [-0.2, 0) is 0 Å².